The Bertz CT molecular complexity index is 546. The van der Waals surface area contributed by atoms with E-state index in [0.29, 0.717) is 12.8 Å². The van der Waals surface area contributed by atoms with Crippen LogP contribution in [0.3, 0.4) is 0 Å². The van der Waals surface area contributed by atoms with E-state index in [1.165, 1.54) is 4.90 Å². The topological polar surface area (TPSA) is 93.8 Å². The number of nitrogens with zero attached hydrogens (tertiary/aromatic N) is 1. The summed E-state index contributed by atoms with van der Waals surface area (Å²) >= 11 is 0. The summed E-state index contributed by atoms with van der Waals surface area (Å²) in [5.74, 6) is -1.13. The molecule has 3 fully saturated rings. The number of hydrogen-bond donors (Lipinski definition) is 3. The monoisotopic (exact) mass is 308 g/mol. The van der Waals surface area contributed by atoms with Gasteiger partial charge >= 0.3 is 0 Å². The minimum absolute atomic E-state index is 0.0375. The lowest BCUT2D eigenvalue weighted by molar-refractivity contribution is -0.124. The molecule has 122 valence electrons. The SMILES string of the molecule is C=C1CC(O)C2C(OC(=N)C2(O)N(C)C)C2C(C)C(=O)CC12. The molecule has 7 unspecified atom stereocenters. The molecule has 22 heavy (non-hydrogen) atoms. The van der Waals surface area contributed by atoms with E-state index < -0.39 is 23.9 Å². The highest BCUT2D eigenvalue weighted by atomic mass is 16.5. The fourth-order valence-electron chi connectivity index (χ4n) is 4.56. The highest BCUT2D eigenvalue weighted by Crippen LogP contribution is 2.53. The predicted molar refractivity (Wildman–Crippen MR) is 80.3 cm³/mol. The van der Waals surface area contributed by atoms with Crippen LogP contribution in [-0.4, -0.2) is 58.8 Å². The van der Waals surface area contributed by atoms with Crippen molar-refractivity contribution in [2.75, 3.05) is 14.1 Å². The number of carbonyl (C=O) groups is 1. The molecule has 7 atom stereocenters. The van der Waals surface area contributed by atoms with Crippen molar-refractivity contribution in [1.82, 2.24) is 4.90 Å². The molecule has 0 amide bonds. The van der Waals surface area contributed by atoms with Gasteiger partial charge in [0.2, 0.25) is 11.6 Å². The number of carbonyl (C=O) groups excluding carboxylic acids is 1. The lowest BCUT2D eigenvalue weighted by Gasteiger charge is -2.37. The van der Waals surface area contributed by atoms with Crippen LogP contribution in [0, 0.1) is 29.1 Å². The molecule has 0 spiro atoms. The van der Waals surface area contributed by atoms with Crippen LogP contribution in [0.5, 0.6) is 0 Å². The zero-order valence-electron chi connectivity index (χ0n) is 13.2. The number of fused-ring (bicyclic) bond motifs is 3. The number of nitrogens with one attached hydrogen (secondary N) is 1. The van der Waals surface area contributed by atoms with Crippen molar-refractivity contribution in [2.24, 2.45) is 23.7 Å². The largest absolute Gasteiger partial charge is 0.474 e. The van der Waals surface area contributed by atoms with Crippen LogP contribution in [0.4, 0.5) is 0 Å². The Hall–Kier alpha value is -1.24. The van der Waals surface area contributed by atoms with Crippen molar-refractivity contribution in [3.63, 3.8) is 0 Å². The van der Waals surface area contributed by atoms with E-state index in [1.807, 2.05) is 6.92 Å². The molecule has 3 rings (SSSR count). The third kappa shape index (κ3) is 1.84. The van der Waals surface area contributed by atoms with Gasteiger partial charge in [0.05, 0.1) is 12.0 Å². The summed E-state index contributed by atoms with van der Waals surface area (Å²) in [7, 11) is 3.32. The smallest absolute Gasteiger partial charge is 0.230 e. The summed E-state index contributed by atoms with van der Waals surface area (Å²) in [6.07, 6.45) is -0.645. The minimum atomic E-state index is -1.65. The molecular weight excluding hydrogens is 284 g/mol. The highest BCUT2D eigenvalue weighted by Gasteiger charge is 2.64. The van der Waals surface area contributed by atoms with Gasteiger partial charge in [-0.2, -0.15) is 0 Å². The first-order valence-corrected chi connectivity index (χ1v) is 7.73. The number of ether oxygens (including phenoxy) is 1. The normalized spacial score (nSPS) is 48.2. The average molecular weight is 308 g/mol. The molecule has 2 saturated carbocycles. The average Bonchev–Trinajstić information content (AvgIpc) is 2.83. The maximum atomic E-state index is 12.2. The van der Waals surface area contributed by atoms with Crippen molar-refractivity contribution in [3.05, 3.63) is 12.2 Å². The molecular formula is C16H24N2O4. The first-order chi connectivity index (χ1) is 10.2. The molecule has 2 aliphatic carbocycles. The minimum Gasteiger partial charge on any atom is -0.474 e. The molecule has 0 radical (unpaired) electrons. The Morgan fingerprint density at radius 3 is 2.64 bits per heavy atom. The standard InChI is InChI=1S/C16H24N2O4/c1-7-5-11(20)13-14(12-8(2)10(19)6-9(7)12)22-15(17)16(13,21)18(3)4/h8-9,11-14,17,20-21H,1,5-6H2,2-4H3. The van der Waals surface area contributed by atoms with Crippen molar-refractivity contribution < 1.29 is 19.7 Å². The fourth-order valence-corrected chi connectivity index (χ4v) is 4.56. The number of aliphatic hydroxyl groups excluding tert-OH is 1. The van der Waals surface area contributed by atoms with Gasteiger partial charge in [0.25, 0.3) is 0 Å². The summed E-state index contributed by atoms with van der Waals surface area (Å²) in [6, 6.07) is 0. The van der Waals surface area contributed by atoms with Crippen molar-refractivity contribution in [1.29, 1.82) is 5.41 Å². The molecule has 1 saturated heterocycles. The van der Waals surface area contributed by atoms with E-state index >= 15 is 0 Å². The maximum absolute atomic E-state index is 12.2. The van der Waals surface area contributed by atoms with Gasteiger partial charge in [-0.1, -0.05) is 19.1 Å². The first-order valence-electron chi connectivity index (χ1n) is 7.73. The number of likely N-dealkylation sites (N-methyl/N-ethyl adjacent to an activating group) is 1. The van der Waals surface area contributed by atoms with Crippen LogP contribution < -0.4 is 0 Å². The molecule has 1 heterocycles. The molecule has 6 nitrogen and oxygen atoms in total. The van der Waals surface area contributed by atoms with Gasteiger partial charge in [-0.05, 0) is 26.4 Å². The van der Waals surface area contributed by atoms with Crippen LogP contribution in [-0.2, 0) is 9.53 Å². The van der Waals surface area contributed by atoms with Gasteiger partial charge in [-0.3, -0.25) is 15.1 Å². The van der Waals surface area contributed by atoms with Crippen molar-refractivity contribution >= 4 is 11.7 Å². The lowest BCUT2D eigenvalue weighted by atomic mass is 9.77. The van der Waals surface area contributed by atoms with Crippen LogP contribution in [0.1, 0.15) is 19.8 Å². The van der Waals surface area contributed by atoms with Crippen molar-refractivity contribution in [3.8, 4) is 0 Å². The first kappa shape index (κ1) is 15.6. The Morgan fingerprint density at radius 1 is 1.41 bits per heavy atom. The Balaban J connectivity index is 2.09. The van der Waals surface area contributed by atoms with Crippen LogP contribution >= 0.6 is 0 Å². The van der Waals surface area contributed by atoms with Gasteiger partial charge < -0.3 is 14.9 Å². The number of Topliss-reactive ketones (excluding diaryl/α,β-unsaturated/α-hetero) is 1. The van der Waals surface area contributed by atoms with Crippen molar-refractivity contribution in [2.45, 2.75) is 37.7 Å². The van der Waals surface area contributed by atoms with Crippen LogP contribution in [0.25, 0.3) is 0 Å². The second kappa shape index (κ2) is 4.88. The number of hydrogen-bond acceptors (Lipinski definition) is 6. The fraction of sp³-hybridized carbons (Fsp3) is 0.750. The predicted octanol–water partition coefficient (Wildman–Crippen LogP) is 0.391. The van der Waals surface area contributed by atoms with E-state index in [-0.39, 0.29) is 29.4 Å². The Kier molecular flexibility index (Phi) is 3.47. The summed E-state index contributed by atoms with van der Waals surface area (Å²) in [6.45, 7) is 5.93. The zero-order chi connectivity index (χ0) is 16.4. The third-order valence-corrected chi connectivity index (χ3v) is 5.85. The number of ketones is 1. The summed E-state index contributed by atoms with van der Waals surface area (Å²) in [5, 5.41) is 29.7. The van der Waals surface area contributed by atoms with Gasteiger partial charge in [-0.25, -0.2) is 0 Å². The zero-order valence-corrected chi connectivity index (χ0v) is 13.2. The molecule has 3 aliphatic rings. The summed E-state index contributed by atoms with van der Waals surface area (Å²) in [4.78, 5) is 13.7. The molecule has 6 heteroatoms. The molecule has 0 aromatic heterocycles. The molecule has 0 bridgehead atoms. The van der Waals surface area contributed by atoms with E-state index in [2.05, 4.69) is 6.58 Å². The van der Waals surface area contributed by atoms with E-state index in [1.54, 1.807) is 14.1 Å². The van der Waals surface area contributed by atoms with E-state index in [0.717, 1.165) is 5.57 Å². The Labute approximate surface area is 130 Å². The van der Waals surface area contributed by atoms with Gasteiger partial charge in [0.15, 0.2) is 0 Å². The third-order valence-electron chi connectivity index (χ3n) is 5.85. The molecule has 0 aromatic rings. The van der Waals surface area contributed by atoms with E-state index in [4.69, 9.17) is 10.1 Å². The second-order valence-corrected chi connectivity index (χ2v) is 7.13. The molecule has 3 N–H and O–H groups in total. The quantitative estimate of drug-likeness (QED) is 0.481. The molecule has 1 aliphatic heterocycles. The van der Waals surface area contributed by atoms with Gasteiger partial charge in [-0.15, -0.1) is 0 Å². The highest BCUT2D eigenvalue weighted by molar-refractivity contribution is 5.87. The van der Waals surface area contributed by atoms with Gasteiger partial charge in [0.1, 0.15) is 11.9 Å². The Morgan fingerprint density at radius 2 is 2.05 bits per heavy atom. The molecule has 0 aromatic carbocycles. The summed E-state index contributed by atoms with van der Waals surface area (Å²) in [5.41, 5.74) is -0.800. The number of aliphatic hydroxyl groups is 2. The van der Waals surface area contributed by atoms with Crippen LogP contribution in [0.15, 0.2) is 12.2 Å². The lowest BCUT2D eigenvalue weighted by Crippen LogP contribution is -2.57. The maximum Gasteiger partial charge on any atom is 0.230 e. The van der Waals surface area contributed by atoms with Crippen LogP contribution in [0.2, 0.25) is 0 Å². The number of rotatable bonds is 1. The second-order valence-electron chi connectivity index (χ2n) is 7.13. The van der Waals surface area contributed by atoms with E-state index in [9.17, 15) is 15.0 Å². The van der Waals surface area contributed by atoms with Gasteiger partial charge in [0, 0.05) is 18.3 Å². The summed E-state index contributed by atoms with van der Waals surface area (Å²) < 4.78 is 5.71.